The molecule has 1 saturated heterocycles. The maximum Gasteiger partial charge on any atom is 0.143 e. The van der Waals surface area contributed by atoms with E-state index in [1.54, 1.807) is 6.92 Å². The van der Waals surface area contributed by atoms with Gasteiger partial charge in [-0.2, -0.15) is 0 Å². The molecule has 0 saturated carbocycles. The van der Waals surface area contributed by atoms with E-state index in [1.165, 1.54) is 6.07 Å². The van der Waals surface area contributed by atoms with E-state index >= 15 is 0 Å². The number of hydrogen-bond acceptors (Lipinski definition) is 1. The van der Waals surface area contributed by atoms with E-state index in [4.69, 9.17) is 0 Å². The van der Waals surface area contributed by atoms with Crippen molar-refractivity contribution in [2.75, 3.05) is 13.1 Å². The van der Waals surface area contributed by atoms with Crippen molar-refractivity contribution < 1.29 is 8.78 Å². The highest BCUT2D eigenvalue weighted by atomic mass is 79.9. The minimum atomic E-state index is -0.438. The summed E-state index contributed by atoms with van der Waals surface area (Å²) < 4.78 is 28.2. The summed E-state index contributed by atoms with van der Waals surface area (Å²) in [7, 11) is 0. The predicted molar refractivity (Wildman–Crippen MR) is 68.1 cm³/mol. The van der Waals surface area contributed by atoms with Gasteiger partial charge in [0.1, 0.15) is 11.6 Å². The molecule has 0 unspecified atom stereocenters. The standard InChI is InChI=1S/C13H16BrF2N/c1-8-6-11(14)13(16)10(12(8)15)7-9-2-4-17-5-3-9/h6,9,17H,2-5,7H2,1H3. The van der Waals surface area contributed by atoms with Gasteiger partial charge in [-0.1, -0.05) is 0 Å². The van der Waals surface area contributed by atoms with Gasteiger partial charge in [-0.15, -0.1) is 0 Å². The Kier molecular flexibility index (Phi) is 4.15. The molecule has 1 aliphatic rings. The van der Waals surface area contributed by atoms with Crippen LogP contribution in [0.5, 0.6) is 0 Å². The molecule has 1 heterocycles. The normalized spacial score (nSPS) is 17.4. The van der Waals surface area contributed by atoms with Crippen molar-refractivity contribution in [1.82, 2.24) is 5.32 Å². The molecule has 1 aliphatic heterocycles. The van der Waals surface area contributed by atoms with Crippen LogP contribution in [0.4, 0.5) is 8.78 Å². The summed E-state index contributed by atoms with van der Waals surface area (Å²) in [5.41, 5.74) is 0.742. The van der Waals surface area contributed by atoms with E-state index < -0.39 is 5.82 Å². The third-order valence-corrected chi connectivity index (χ3v) is 3.96. The average molecular weight is 304 g/mol. The molecule has 0 spiro atoms. The third-order valence-electron chi connectivity index (χ3n) is 3.38. The zero-order valence-electron chi connectivity index (χ0n) is 9.82. The monoisotopic (exact) mass is 303 g/mol. The van der Waals surface area contributed by atoms with Gasteiger partial charge in [0.25, 0.3) is 0 Å². The van der Waals surface area contributed by atoms with Crippen LogP contribution in [0.1, 0.15) is 24.0 Å². The largest absolute Gasteiger partial charge is 0.317 e. The van der Waals surface area contributed by atoms with Gasteiger partial charge in [-0.05, 0) is 72.8 Å². The van der Waals surface area contributed by atoms with Crippen molar-refractivity contribution in [1.29, 1.82) is 0 Å². The highest BCUT2D eigenvalue weighted by Gasteiger charge is 2.20. The van der Waals surface area contributed by atoms with Crippen molar-refractivity contribution in [2.45, 2.75) is 26.2 Å². The lowest BCUT2D eigenvalue weighted by Crippen LogP contribution is -2.29. The molecule has 1 N–H and O–H groups in total. The molecule has 0 amide bonds. The molecule has 17 heavy (non-hydrogen) atoms. The van der Waals surface area contributed by atoms with Crippen LogP contribution in [-0.2, 0) is 6.42 Å². The molecule has 4 heteroatoms. The van der Waals surface area contributed by atoms with Crippen molar-refractivity contribution in [3.8, 4) is 0 Å². The van der Waals surface area contributed by atoms with E-state index in [0.29, 0.717) is 22.4 Å². The molecule has 1 aromatic rings. The number of benzene rings is 1. The summed E-state index contributed by atoms with van der Waals surface area (Å²) in [5, 5.41) is 3.26. The number of halogens is 3. The molecule has 0 bridgehead atoms. The van der Waals surface area contributed by atoms with Crippen molar-refractivity contribution in [2.24, 2.45) is 5.92 Å². The van der Waals surface area contributed by atoms with Gasteiger partial charge < -0.3 is 5.32 Å². The Labute approximate surface area is 109 Å². The quantitative estimate of drug-likeness (QED) is 0.824. The van der Waals surface area contributed by atoms with E-state index in [2.05, 4.69) is 21.2 Å². The van der Waals surface area contributed by atoms with Crippen molar-refractivity contribution in [3.05, 3.63) is 33.3 Å². The van der Waals surface area contributed by atoms with Crippen LogP contribution in [-0.4, -0.2) is 13.1 Å². The van der Waals surface area contributed by atoms with Crippen LogP contribution in [0.25, 0.3) is 0 Å². The minimum Gasteiger partial charge on any atom is -0.317 e. The minimum absolute atomic E-state index is 0.240. The van der Waals surface area contributed by atoms with Gasteiger partial charge in [0.2, 0.25) is 0 Å². The Morgan fingerprint density at radius 1 is 1.29 bits per heavy atom. The molecule has 2 rings (SSSR count). The van der Waals surface area contributed by atoms with Crippen LogP contribution in [0.3, 0.4) is 0 Å². The molecule has 1 aromatic carbocycles. The van der Waals surface area contributed by atoms with Gasteiger partial charge >= 0.3 is 0 Å². The van der Waals surface area contributed by atoms with Crippen LogP contribution in [0.15, 0.2) is 10.5 Å². The molecule has 1 nitrogen and oxygen atoms in total. The second kappa shape index (κ2) is 5.44. The highest BCUT2D eigenvalue weighted by Crippen LogP contribution is 2.28. The molecular formula is C13H16BrF2N. The number of nitrogens with one attached hydrogen (secondary N) is 1. The van der Waals surface area contributed by atoms with Crippen LogP contribution < -0.4 is 5.32 Å². The Morgan fingerprint density at radius 2 is 1.94 bits per heavy atom. The first kappa shape index (κ1) is 13.0. The maximum atomic E-state index is 13.9. The number of aryl methyl sites for hydroxylation is 1. The third kappa shape index (κ3) is 2.86. The summed E-state index contributed by atoms with van der Waals surface area (Å²) in [4.78, 5) is 0. The summed E-state index contributed by atoms with van der Waals surface area (Å²) in [6.07, 6.45) is 2.48. The Hall–Kier alpha value is -0.480. The SMILES string of the molecule is Cc1cc(Br)c(F)c(CC2CCNCC2)c1F. The van der Waals surface area contributed by atoms with Gasteiger partial charge in [0.15, 0.2) is 0 Å². The fourth-order valence-corrected chi connectivity index (χ4v) is 2.93. The first-order chi connectivity index (χ1) is 8.09. The Morgan fingerprint density at radius 3 is 2.59 bits per heavy atom. The zero-order chi connectivity index (χ0) is 12.4. The van der Waals surface area contributed by atoms with Crippen molar-refractivity contribution >= 4 is 15.9 Å². The lowest BCUT2D eigenvalue weighted by molar-refractivity contribution is 0.362. The first-order valence-corrected chi connectivity index (χ1v) is 6.72. The highest BCUT2D eigenvalue weighted by molar-refractivity contribution is 9.10. The number of rotatable bonds is 2. The van der Waals surface area contributed by atoms with Gasteiger partial charge in [-0.3, -0.25) is 0 Å². The van der Waals surface area contributed by atoms with E-state index in [1.807, 2.05) is 0 Å². The first-order valence-electron chi connectivity index (χ1n) is 5.93. The van der Waals surface area contributed by atoms with Gasteiger partial charge in [0.05, 0.1) is 4.47 Å². The molecule has 0 atom stereocenters. The average Bonchev–Trinajstić information content (AvgIpc) is 2.33. The number of piperidine rings is 1. The fourth-order valence-electron chi connectivity index (χ4n) is 2.35. The molecule has 0 radical (unpaired) electrons. The zero-order valence-corrected chi connectivity index (χ0v) is 11.4. The molecular weight excluding hydrogens is 288 g/mol. The summed E-state index contributed by atoms with van der Waals surface area (Å²) in [6, 6.07) is 1.50. The maximum absolute atomic E-state index is 13.9. The second-order valence-corrected chi connectivity index (χ2v) is 5.53. The van der Waals surface area contributed by atoms with E-state index in [9.17, 15) is 8.78 Å². The smallest absolute Gasteiger partial charge is 0.143 e. The van der Waals surface area contributed by atoms with Gasteiger partial charge in [0, 0.05) is 5.56 Å². The lowest BCUT2D eigenvalue weighted by Gasteiger charge is -2.23. The Balaban J connectivity index is 2.24. The van der Waals surface area contributed by atoms with Gasteiger partial charge in [-0.25, -0.2) is 8.78 Å². The van der Waals surface area contributed by atoms with Crippen molar-refractivity contribution in [3.63, 3.8) is 0 Å². The topological polar surface area (TPSA) is 12.0 Å². The summed E-state index contributed by atoms with van der Waals surface area (Å²) in [5.74, 6) is -0.440. The van der Waals surface area contributed by atoms with Crippen LogP contribution in [0.2, 0.25) is 0 Å². The van der Waals surface area contributed by atoms with Crippen LogP contribution >= 0.6 is 15.9 Å². The van der Waals surface area contributed by atoms with Crippen LogP contribution in [0, 0.1) is 24.5 Å². The summed E-state index contributed by atoms with van der Waals surface area (Å²) in [6.45, 7) is 3.56. The molecule has 0 aromatic heterocycles. The lowest BCUT2D eigenvalue weighted by atomic mass is 9.90. The number of hydrogen-bond donors (Lipinski definition) is 1. The van der Waals surface area contributed by atoms with E-state index in [-0.39, 0.29) is 11.4 Å². The summed E-state index contributed by atoms with van der Waals surface area (Å²) >= 11 is 3.14. The van der Waals surface area contributed by atoms with E-state index in [0.717, 1.165) is 25.9 Å². The molecule has 94 valence electrons. The fraction of sp³-hybridized carbons (Fsp3) is 0.538. The molecule has 1 fully saturated rings. The second-order valence-electron chi connectivity index (χ2n) is 4.68. The predicted octanol–water partition coefficient (Wildman–Crippen LogP) is 3.58. The Bertz CT molecular complexity index is 388. The molecule has 0 aliphatic carbocycles.